The Morgan fingerprint density at radius 1 is 0.824 bits per heavy atom. The van der Waals surface area contributed by atoms with Gasteiger partial charge in [-0.1, -0.05) is 48.0 Å². The number of carbonyl (C=O) groups excluding carboxylic acids is 3. The van der Waals surface area contributed by atoms with Gasteiger partial charge in [0.1, 0.15) is 30.3 Å². The van der Waals surface area contributed by atoms with E-state index in [2.05, 4.69) is 5.32 Å². The Hall–Kier alpha value is -4.39. The molecular weight excluding hydrogens is 432 g/mol. The summed E-state index contributed by atoms with van der Waals surface area (Å²) in [7, 11) is 0. The number of amides is 4. The van der Waals surface area contributed by atoms with Gasteiger partial charge in [-0.25, -0.2) is 9.69 Å². The second-order valence-electron chi connectivity index (χ2n) is 7.84. The van der Waals surface area contributed by atoms with Gasteiger partial charge in [-0.3, -0.25) is 14.9 Å². The molecule has 4 rings (SSSR count). The van der Waals surface area contributed by atoms with E-state index >= 15 is 0 Å². The van der Waals surface area contributed by atoms with Crippen LogP contribution in [0.2, 0.25) is 0 Å². The fraction of sp³-hybridized carbons (Fsp3) is 0.148. The molecule has 0 unspecified atom stereocenters. The van der Waals surface area contributed by atoms with Crippen molar-refractivity contribution in [1.29, 1.82) is 0 Å². The first-order valence-electron chi connectivity index (χ1n) is 10.8. The largest absolute Gasteiger partial charge is 0.490 e. The second kappa shape index (κ2) is 10.0. The molecule has 0 aliphatic carbocycles. The first-order chi connectivity index (χ1) is 16.4. The van der Waals surface area contributed by atoms with Gasteiger partial charge >= 0.3 is 6.03 Å². The smallest absolute Gasteiger partial charge is 0.335 e. The highest BCUT2D eigenvalue weighted by atomic mass is 16.5. The van der Waals surface area contributed by atoms with Crippen molar-refractivity contribution in [2.24, 2.45) is 0 Å². The maximum atomic E-state index is 13.1. The lowest BCUT2D eigenvalue weighted by Gasteiger charge is -2.26. The first-order valence-corrected chi connectivity index (χ1v) is 10.8. The first kappa shape index (κ1) is 22.8. The summed E-state index contributed by atoms with van der Waals surface area (Å²) in [6, 6.07) is 20.9. The van der Waals surface area contributed by atoms with Gasteiger partial charge in [-0.15, -0.1) is 0 Å². The zero-order chi connectivity index (χ0) is 24.1. The molecular formula is C27H24N2O5. The van der Waals surface area contributed by atoms with E-state index < -0.39 is 17.8 Å². The second-order valence-corrected chi connectivity index (χ2v) is 7.84. The van der Waals surface area contributed by atoms with Crippen LogP contribution in [-0.2, 0) is 9.59 Å². The molecule has 1 aliphatic rings. The van der Waals surface area contributed by atoms with Gasteiger partial charge in [-0.2, -0.15) is 0 Å². The maximum Gasteiger partial charge on any atom is 0.335 e. The van der Waals surface area contributed by atoms with Crippen molar-refractivity contribution in [3.63, 3.8) is 0 Å². The number of rotatable bonds is 7. The number of imide groups is 2. The van der Waals surface area contributed by atoms with Crippen LogP contribution in [-0.4, -0.2) is 31.1 Å². The predicted molar refractivity (Wildman–Crippen MR) is 129 cm³/mol. The zero-order valence-electron chi connectivity index (χ0n) is 18.9. The Kier molecular flexibility index (Phi) is 6.73. The number of urea groups is 1. The number of para-hydroxylation sites is 1. The number of benzene rings is 3. The van der Waals surface area contributed by atoms with Gasteiger partial charge in [-0.05, 0) is 55.8 Å². The number of hydrogen-bond donors (Lipinski definition) is 1. The summed E-state index contributed by atoms with van der Waals surface area (Å²) in [6.45, 7) is 4.45. The maximum absolute atomic E-state index is 13.1. The minimum absolute atomic E-state index is 0.159. The van der Waals surface area contributed by atoms with Crippen LogP contribution in [0.3, 0.4) is 0 Å². The summed E-state index contributed by atoms with van der Waals surface area (Å²) >= 11 is 0. The Morgan fingerprint density at radius 2 is 1.56 bits per heavy atom. The third-order valence-electron chi connectivity index (χ3n) is 5.21. The minimum atomic E-state index is -0.782. The van der Waals surface area contributed by atoms with Crippen LogP contribution in [0.4, 0.5) is 10.5 Å². The molecule has 1 N–H and O–H groups in total. The number of nitrogens with zero attached hydrogens (tertiary/aromatic N) is 1. The van der Waals surface area contributed by atoms with Crippen molar-refractivity contribution in [2.45, 2.75) is 13.8 Å². The molecule has 1 fully saturated rings. The summed E-state index contributed by atoms with van der Waals surface area (Å²) in [5.41, 5.74) is 2.79. The van der Waals surface area contributed by atoms with Crippen molar-refractivity contribution in [3.05, 3.63) is 95.1 Å². The van der Waals surface area contributed by atoms with Gasteiger partial charge in [0.25, 0.3) is 11.8 Å². The predicted octanol–water partition coefficient (Wildman–Crippen LogP) is 4.43. The molecule has 1 saturated heterocycles. The summed E-state index contributed by atoms with van der Waals surface area (Å²) < 4.78 is 11.5. The molecule has 3 aromatic rings. The molecule has 7 nitrogen and oxygen atoms in total. The van der Waals surface area contributed by atoms with Gasteiger partial charge in [0.2, 0.25) is 0 Å². The molecule has 1 heterocycles. The van der Waals surface area contributed by atoms with Gasteiger partial charge in [0, 0.05) is 5.56 Å². The number of anilines is 1. The molecule has 7 heteroatoms. The van der Waals surface area contributed by atoms with Crippen LogP contribution in [0.5, 0.6) is 11.5 Å². The van der Waals surface area contributed by atoms with Gasteiger partial charge in [0.05, 0.1) is 5.69 Å². The van der Waals surface area contributed by atoms with Gasteiger partial charge < -0.3 is 9.47 Å². The van der Waals surface area contributed by atoms with E-state index in [4.69, 9.17) is 9.47 Å². The number of barbiturate groups is 1. The Morgan fingerprint density at radius 3 is 2.32 bits per heavy atom. The van der Waals surface area contributed by atoms with Crippen molar-refractivity contribution in [1.82, 2.24) is 5.32 Å². The molecule has 0 bridgehead atoms. The van der Waals surface area contributed by atoms with E-state index in [1.165, 1.54) is 6.08 Å². The van der Waals surface area contributed by atoms with Crippen LogP contribution >= 0.6 is 0 Å². The monoisotopic (exact) mass is 456 g/mol. The van der Waals surface area contributed by atoms with E-state index in [0.29, 0.717) is 23.6 Å². The topological polar surface area (TPSA) is 84.9 Å². The normalized spacial score (nSPS) is 14.8. The lowest BCUT2D eigenvalue weighted by Crippen LogP contribution is -2.54. The Bertz CT molecular complexity index is 1260. The molecule has 0 aromatic heterocycles. The average Bonchev–Trinajstić information content (AvgIpc) is 2.81. The van der Waals surface area contributed by atoms with Crippen molar-refractivity contribution in [3.8, 4) is 11.5 Å². The SMILES string of the molecule is Cc1ccc(OCCOc2ccccc2C=C2C(=O)NC(=O)N(c3cccc(C)c3)C2=O)cc1. The summed E-state index contributed by atoms with van der Waals surface area (Å²) in [6.07, 6.45) is 1.43. The number of nitrogens with one attached hydrogen (secondary N) is 1. The van der Waals surface area contributed by atoms with E-state index in [1.807, 2.05) is 44.2 Å². The Labute approximate surface area is 197 Å². The zero-order valence-corrected chi connectivity index (χ0v) is 18.9. The average molecular weight is 456 g/mol. The molecule has 0 saturated carbocycles. The quantitative estimate of drug-likeness (QED) is 0.323. The van der Waals surface area contributed by atoms with Crippen LogP contribution in [0.25, 0.3) is 6.08 Å². The highest BCUT2D eigenvalue weighted by Crippen LogP contribution is 2.26. The molecule has 0 spiro atoms. The van der Waals surface area contributed by atoms with Crippen molar-refractivity contribution in [2.75, 3.05) is 18.1 Å². The van der Waals surface area contributed by atoms with E-state index in [0.717, 1.165) is 21.8 Å². The molecule has 34 heavy (non-hydrogen) atoms. The molecule has 172 valence electrons. The van der Waals surface area contributed by atoms with Crippen LogP contribution in [0.1, 0.15) is 16.7 Å². The van der Waals surface area contributed by atoms with Crippen molar-refractivity contribution >= 4 is 29.6 Å². The van der Waals surface area contributed by atoms with E-state index in [-0.39, 0.29) is 12.2 Å². The van der Waals surface area contributed by atoms with Crippen LogP contribution in [0.15, 0.2) is 78.4 Å². The summed E-state index contributed by atoms with van der Waals surface area (Å²) in [5, 5.41) is 2.24. The Balaban J connectivity index is 1.51. The lowest BCUT2D eigenvalue weighted by atomic mass is 10.1. The number of carbonyl (C=O) groups is 3. The van der Waals surface area contributed by atoms with Crippen molar-refractivity contribution < 1.29 is 23.9 Å². The highest BCUT2D eigenvalue weighted by molar-refractivity contribution is 6.39. The highest BCUT2D eigenvalue weighted by Gasteiger charge is 2.37. The van der Waals surface area contributed by atoms with Gasteiger partial charge in [0.15, 0.2) is 0 Å². The number of ether oxygens (including phenoxy) is 2. The number of hydrogen-bond acceptors (Lipinski definition) is 5. The lowest BCUT2D eigenvalue weighted by molar-refractivity contribution is -0.122. The minimum Gasteiger partial charge on any atom is -0.490 e. The molecule has 0 radical (unpaired) electrons. The molecule has 3 aromatic carbocycles. The van der Waals surface area contributed by atoms with Crippen LogP contribution in [0, 0.1) is 13.8 Å². The fourth-order valence-corrected chi connectivity index (χ4v) is 3.49. The molecule has 1 aliphatic heterocycles. The third-order valence-corrected chi connectivity index (χ3v) is 5.21. The molecule has 0 atom stereocenters. The van der Waals surface area contributed by atoms with E-state index in [9.17, 15) is 14.4 Å². The van der Waals surface area contributed by atoms with E-state index in [1.54, 1.807) is 42.5 Å². The van der Waals surface area contributed by atoms with Crippen LogP contribution < -0.4 is 19.7 Å². The summed E-state index contributed by atoms with van der Waals surface area (Å²) in [5.74, 6) is -0.217. The standard InChI is InChI=1S/C27H24N2O5/c1-18-10-12-22(13-11-18)33-14-15-34-24-9-4-3-7-20(24)17-23-25(30)28-27(32)29(26(23)31)21-8-5-6-19(2)16-21/h3-13,16-17H,14-15H2,1-2H3,(H,28,30,32). The fourth-order valence-electron chi connectivity index (χ4n) is 3.49. The summed E-state index contributed by atoms with van der Waals surface area (Å²) in [4.78, 5) is 39.0. The third kappa shape index (κ3) is 5.15. The molecule has 4 amide bonds. The number of aryl methyl sites for hydroxylation is 2.